The summed E-state index contributed by atoms with van der Waals surface area (Å²) in [5.74, 6) is 1.61. The second-order valence-corrected chi connectivity index (χ2v) is 7.06. The number of carbonyl (C=O) groups excluding carboxylic acids is 1. The van der Waals surface area contributed by atoms with Gasteiger partial charge in [0, 0.05) is 24.7 Å². The quantitative estimate of drug-likeness (QED) is 0.657. The Bertz CT molecular complexity index is 934. The highest BCUT2D eigenvalue weighted by Gasteiger charge is 2.28. The van der Waals surface area contributed by atoms with Crippen molar-refractivity contribution in [1.82, 2.24) is 15.1 Å². The number of carbonyl (C=O) groups is 1. The lowest BCUT2D eigenvalue weighted by molar-refractivity contribution is 0.190. The first kappa shape index (κ1) is 17.9. The first-order chi connectivity index (χ1) is 13.1. The number of anilines is 1. The molecule has 0 saturated carbocycles. The Kier molecular flexibility index (Phi) is 5.05. The predicted molar refractivity (Wildman–Crippen MR) is 101 cm³/mol. The molecule has 0 bridgehead atoms. The van der Waals surface area contributed by atoms with Crippen molar-refractivity contribution in [3.05, 3.63) is 52.5 Å². The van der Waals surface area contributed by atoms with Crippen LogP contribution in [0.4, 0.5) is 10.5 Å². The van der Waals surface area contributed by atoms with Crippen LogP contribution < -0.4 is 5.32 Å². The third-order valence-corrected chi connectivity index (χ3v) is 5.21. The van der Waals surface area contributed by atoms with Crippen LogP contribution in [0, 0.1) is 0 Å². The van der Waals surface area contributed by atoms with Crippen LogP contribution in [-0.2, 0) is 0 Å². The zero-order valence-electron chi connectivity index (χ0n) is 14.2. The minimum absolute atomic E-state index is 0.121. The summed E-state index contributed by atoms with van der Waals surface area (Å²) in [4.78, 5) is 14.2. The maximum Gasteiger partial charge on any atom is 0.321 e. The standard InChI is InChI=1S/C18H16Cl2N4O3/c19-13-4-3-12(10-14(13)20)21-18(25)24-7-5-11(6-8-24)16-22-23-17(27-16)15-2-1-9-26-15/h1-4,9-11H,5-8H2,(H,21,25). The van der Waals surface area contributed by atoms with Crippen molar-refractivity contribution in [2.24, 2.45) is 0 Å². The predicted octanol–water partition coefficient (Wildman–Crippen LogP) is 5.05. The number of halogens is 2. The summed E-state index contributed by atoms with van der Waals surface area (Å²) in [7, 11) is 0. The fourth-order valence-electron chi connectivity index (χ4n) is 3.01. The molecule has 0 radical (unpaired) electrons. The van der Waals surface area contributed by atoms with Gasteiger partial charge in [0.1, 0.15) is 0 Å². The van der Waals surface area contributed by atoms with Gasteiger partial charge in [-0.05, 0) is 43.2 Å². The van der Waals surface area contributed by atoms with Gasteiger partial charge >= 0.3 is 6.03 Å². The van der Waals surface area contributed by atoms with Crippen LogP contribution in [0.5, 0.6) is 0 Å². The van der Waals surface area contributed by atoms with Crippen LogP contribution in [0.1, 0.15) is 24.7 Å². The second kappa shape index (κ2) is 7.62. The van der Waals surface area contributed by atoms with Crippen molar-refractivity contribution in [2.45, 2.75) is 18.8 Å². The summed E-state index contributed by atoms with van der Waals surface area (Å²) >= 11 is 11.9. The van der Waals surface area contributed by atoms with Crippen molar-refractivity contribution in [1.29, 1.82) is 0 Å². The number of furan rings is 1. The number of piperidine rings is 1. The lowest BCUT2D eigenvalue weighted by atomic mass is 9.97. The van der Waals surface area contributed by atoms with E-state index in [4.69, 9.17) is 32.0 Å². The first-order valence-electron chi connectivity index (χ1n) is 8.48. The van der Waals surface area contributed by atoms with Crippen LogP contribution in [0.15, 0.2) is 45.4 Å². The Morgan fingerprint density at radius 1 is 1.15 bits per heavy atom. The molecule has 0 atom stereocenters. The number of urea groups is 1. The van der Waals surface area contributed by atoms with Gasteiger partial charge in [-0.25, -0.2) is 4.79 Å². The monoisotopic (exact) mass is 406 g/mol. The van der Waals surface area contributed by atoms with Crippen LogP contribution in [0.25, 0.3) is 11.7 Å². The minimum atomic E-state index is -0.173. The number of likely N-dealkylation sites (tertiary alicyclic amines) is 1. The SMILES string of the molecule is O=C(Nc1ccc(Cl)c(Cl)c1)N1CCC(c2nnc(-c3ccco3)o2)CC1. The fourth-order valence-corrected chi connectivity index (χ4v) is 3.30. The van der Waals surface area contributed by atoms with Crippen LogP contribution in [0.3, 0.4) is 0 Å². The molecule has 1 aliphatic rings. The van der Waals surface area contributed by atoms with E-state index >= 15 is 0 Å². The number of hydrogen-bond donors (Lipinski definition) is 1. The largest absolute Gasteiger partial charge is 0.459 e. The molecule has 0 unspecified atom stereocenters. The summed E-state index contributed by atoms with van der Waals surface area (Å²) in [6, 6.07) is 8.36. The van der Waals surface area contributed by atoms with E-state index in [-0.39, 0.29) is 11.9 Å². The highest BCUT2D eigenvalue weighted by atomic mass is 35.5. The first-order valence-corrected chi connectivity index (χ1v) is 9.24. The van der Waals surface area contributed by atoms with E-state index in [1.165, 1.54) is 0 Å². The molecule has 3 aromatic rings. The van der Waals surface area contributed by atoms with Crippen molar-refractivity contribution in [3.63, 3.8) is 0 Å². The molecule has 2 amide bonds. The number of amides is 2. The molecular weight excluding hydrogens is 391 g/mol. The zero-order chi connectivity index (χ0) is 18.8. The van der Waals surface area contributed by atoms with Gasteiger partial charge in [0.2, 0.25) is 5.89 Å². The molecule has 3 heterocycles. The lowest BCUT2D eigenvalue weighted by Gasteiger charge is -2.30. The normalized spacial score (nSPS) is 15.1. The van der Waals surface area contributed by atoms with Crippen molar-refractivity contribution < 1.29 is 13.6 Å². The molecule has 0 aliphatic carbocycles. The highest BCUT2D eigenvalue weighted by molar-refractivity contribution is 6.42. The maximum atomic E-state index is 12.4. The van der Waals surface area contributed by atoms with Gasteiger partial charge in [-0.2, -0.15) is 0 Å². The summed E-state index contributed by atoms with van der Waals surface area (Å²) in [6.45, 7) is 1.19. The van der Waals surface area contributed by atoms with E-state index < -0.39 is 0 Å². The number of nitrogens with zero attached hydrogens (tertiary/aromatic N) is 3. The molecule has 1 aromatic carbocycles. The molecule has 1 N–H and O–H groups in total. The Balaban J connectivity index is 1.34. The number of aromatic nitrogens is 2. The molecular formula is C18H16Cl2N4O3. The fraction of sp³-hybridized carbons (Fsp3) is 0.278. The highest BCUT2D eigenvalue weighted by Crippen LogP contribution is 2.30. The Morgan fingerprint density at radius 2 is 1.96 bits per heavy atom. The van der Waals surface area contributed by atoms with Crippen molar-refractivity contribution >= 4 is 34.9 Å². The summed E-state index contributed by atoms with van der Waals surface area (Å²) in [5, 5.41) is 11.8. The minimum Gasteiger partial charge on any atom is -0.459 e. The topological polar surface area (TPSA) is 84.4 Å². The lowest BCUT2D eigenvalue weighted by Crippen LogP contribution is -2.40. The summed E-state index contributed by atoms with van der Waals surface area (Å²) in [5.41, 5.74) is 0.608. The molecule has 140 valence electrons. The number of hydrogen-bond acceptors (Lipinski definition) is 5. The number of benzene rings is 1. The average Bonchev–Trinajstić information content (AvgIpc) is 3.36. The molecule has 1 saturated heterocycles. The molecule has 2 aromatic heterocycles. The van der Waals surface area contributed by atoms with E-state index in [0.29, 0.717) is 46.4 Å². The maximum absolute atomic E-state index is 12.4. The van der Waals surface area contributed by atoms with Gasteiger partial charge in [-0.3, -0.25) is 0 Å². The number of rotatable bonds is 3. The summed E-state index contributed by atoms with van der Waals surface area (Å²) < 4.78 is 11.0. The van der Waals surface area contributed by atoms with E-state index in [0.717, 1.165) is 12.8 Å². The van der Waals surface area contributed by atoms with Gasteiger partial charge in [-0.1, -0.05) is 23.2 Å². The van der Waals surface area contributed by atoms with Crippen LogP contribution in [0.2, 0.25) is 10.0 Å². The van der Waals surface area contributed by atoms with E-state index in [9.17, 15) is 4.79 Å². The van der Waals surface area contributed by atoms with E-state index in [1.54, 1.807) is 41.5 Å². The third kappa shape index (κ3) is 3.94. The van der Waals surface area contributed by atoms with Crippen LogP contribution in [-0.4, -0.2) is 34.2 Å². The zero-order valence-corrected chi connectivity index (χ0v) is 15.7. The molecule has 9 heteroatoms. The number of nitrogens with one attached hydrogen (secondary N) is 1. The van der Waals surface area contributed by atoms with Gasteiger partial charge in [-0.15, -0.1) is 10.2 Å². The third-order valence-electron chi connectivity index (χ3n) is 4.47. The van der Waals surface area contributed by atoms with Gasteiger partial charge < -0.3 is 19.1 Å². The van der Waals surface area contributed by atoms with E-state index in [1.807, 2.05) is 0 Å². The summed E-state index contributed by atoms with van der Waals surface area (Å²) in [6.07, 6.45) is 3.05. The molecule has 7 nitrogen and oxygen atoms in total. The Morgan fingerprint density at radius 3 is 2.67 bits per heavy atom. The molecule has 1 fully saturated rings. The van der Waals surface area contributed by atoms with Crippen molar-refractivity contribution in [2.75, 3.05) is 18.4 Å². The van der Waals surface area contributed by atoms with Crippen molar-refractivity contribution in [3.8, 4) is 11.7 Å². The van der Waals surface area contributed by atoms with Gasteiger partial charge in [0.15, 0.2) is 5.76 Å². The molecule has 1 aliphatic heterocycles. The smallest absolute Gasteiger partial charge is 0.321 e. The Hall–Kier alpha value is -2.51. The van der Waals surface area contributed by atoms with Gasteiger partial charge in [0.25, 0.3) is 5.89 Å². The molecule has 0 spiro atoms. The second-order valence-electron chi connectivity index (χ2n) is 6.24. The molecule has 4 rings (SSSR count). The average molecular weight is 407 g/mol. The Labute approximate surface area is 165 Å². The van der Waals surface area contributed by atoms with E-state index in [2.05, 4.69) is 15.5 Å². The molecule has 27 heavy (non-hydrogen) atoms. The van der Waals surface area contributed by atoms with Gasteiger partial charge in [0.05, 0.1) is 16.3 Å². The van der Waals surface area contributed by atoms with Crippen LogP contribution >= 0.6 is 23.2 Å².